The molecule has 0 aliphatic carbocycles. The first kappa shape index (κ1) is 16.4. The number of hydrogen-bond donors (Lipinski definition) is 3. The average Bonchev–Trinajstić information content (AvgIpc) is 2.14. The standard InChI is InChI=1S/C11H21N3O4/c1-8(2)12-11(18)13-9(15)7-14(3)6-4-5-10(16)17/h8H,4-7H2,1-3H3,(H,16,17)(H2,12,13,15,18). The van der Waals surface area contributed by atoms with Gasteiger partial charge in [-0.3, -0.25) is 19.8 Å². The van der Waals surface area contributed by atoms with Gasteiger partial charge >= 0.3 is 12.0 Å². The first-order valence-corrected chi connectivity index (χ1v) is 5.82. The maximum absolute atomic E-state index is 11.4. The molecular weight excluding hydrogens is 238 g/mol. The molecule has 0 aliphatic heterocycles. The van der Waals surface area contributed by atoms with Gasteiger partial charge in [0.25, 0.3) is 0 Å². The number of urea groups is 1. The summed E-state index contributed by atoms with van der Waals surface area (Å²) in [6.45, 7) is 4.14. The van der Waals surface area contributed by atoms with Crippen molar-refractivity contribution >= 4 is 17.9 Å². The predicted octanol–water partition coefficient (Wildman–Crippen LogP) is 0.0172. The highest BCUT2D eigenvalue weighted by molar-refractivity contribution is 5.95. The lowest BCUT2D eigenvalue weighted by Gasteiger charge is -2.15. The SMILES string of the molecule is CC(C)NC(=O)NC(=O)CN(C)CCCC(=O)O. The fourth-order valence-corrected chi connectivity index (χ4v) is 1.29. The first-order chi connectivity index (χ1) is 8.31. The topological polar surface area (TPSA) is 98.7 Å². The van der Waals surface area contributed by atoms with Crippen molar-refractivity contribution in [2.45, 2.75) is 32.7 Å². The van der Waals surface area contributed by atoms with Crippen LogP contribution in [0.1, 0.15) is 26.7 Å². The highest BCUT2D eigenvalue weighted by Crippen LogP contribution is 1.92. The van der Waals surface area contributed by atoms with Crippen LogP contribution in [0.5, 0.6) is 0 Å². The number of amides is 3. The largest absolute Gasteiger partial charge is 0.481 e. The number of rotatable bonds is 7. The molecule has 0 fully saturated rings. The molecule has 104 valence electrons. The third kappa shape index (κ3) is 9.59. The lowest BCUT2D eigenvalue weighted by molar-refractivity contribution is -0.137. The van der Waals surface area contributed by atoms with Gasteiger partial charge in [0.15, 0.2) is 0 Å². The monoisotopic (exact) mass is 259 g/mol. The number of likely N-dealkylation sites (N-methyl/N-ethyl adjacent to an activating group) is 1. The molecule has 0 rings (SSSR count). The smallest absolute Gasteiger partial charge is 0.321 e. The quantitative estimate of drug-likeness (QED) is 0.598. The molecule has 0 radical (unpaired) electrons. The summed E-state index contributed by atoms with van der Waals surface area (Å²) in [6.07, 6.45) is 0.539. The molecule has 0 aromatic heterocycles. The summed E-state index contributed by atoms with van der Waals surface area (Å²) < 4.78 is 0. The Morgan fingerprint density at radius 1 is 1.28 bits per heavy atom. The Morgan fingerprint density at radius 3 is 2.39 bits per heavy atom. The van der Waals surface area contributed by atoms with Crippen molar-refractivity contribution in [2.75, 3.05) is 20.1 Å². The molecule has 0 unspecified atom stereocenters. The van der Waals surface area contributed by atoms with E-state index in [4.69, 9.17) is 5.11 Å². The lowest BCUT2D eigenvalue weighted by atomic mass is 10.3. The van der Waals surface area contributed by atoms with Crippen molar-refractivity contribution in [3.05, 3.63) is 0 Å². The second kappa shape index (κ2) is 8.46. The summed E-state index contributed by atoms with van der Waals surface area (Å²) in [6, 6.07) is -0.556. The van der Waals surface area contributed by atoms with Gasteiger partial charge in [0, 0.05) is 12.5 Å². The molecule has 7 nitrogen and oxygen atoms in total. The van der Waals surface area contributed by atoms with E-state index < -0.39 is 17.9 Å². The third-order valence-corrected chi connectivity index (χ3v) is 2.02. The molecular formula is C11H21N3O4. The van der Waals surface area contributed by atoms with E-state index in [1.54, 1.807) is 25.8 Å². The molecule has 0 spiro atoms. The molecule has 18 heavy (non-hydrogen) atoms. The Morgan fingerprint density at radius 2 is 1.89 bits per heavy atom. The molecule has 0 heterocycles. The first-order valence-electron chi connectivity index (χ1n) is 5.82. The van der Waals surface area contributed by atoms with Crippen LogP contribution in [0.2, 0.25) is 0 Å². The molecule has 0 saturated heterocycles. The van der Waals surface area contributed by atoms with E-state index >= 15 is 0 Å². The van der Waals surface area contributed by atoms with Crippen molar-refractivity contribution in [1.82, 2.24) is 15.5 Å². The highest BCUT2D eigenvalue weighted by Gasteiger charge is 2.11. The molecule has 0 aromatic carbocycles. The second-order valence-corrected chi connectivity index (χ2v) is 4.41. The van der Waals surface area contributed by atoms with Gasteiger partial charge < -0.3 is 10.4 Å². The van der Waals surface area contributed by atoms with Gasteiger partial charge in [-0.1, -0.05) is 0 Å². The number of nitrogens with zero attached hydrogens (tertiary/aromatic N) is 1. The van der Waals surface area contributed by atoms with Crippen LogP contribution in [-0.4, -0.2) is 54.1 Å². The number of nitrogens with one attached hydrogen (secondary N) is 2. The number of imide groups is 1. The Kier molecular flexibility index (Phi) is 7.69. The summed E-state index contributed by atoms with van der Waals surface area (Å²) in [5, 5.41) is 13.2. The zero-order chi connectivity index (χ0) is 14.1. The van der Waals surface area contributed by atoms with Crippen LogP contribution < -0.4 is 10.6 Å². The molecule has 3 N–H and O–H groups in total. The fourth-order valence-electron chi connectivity index (χ4n) is 1.29. The molecule has 0 bridgehead atoms. The predicted molar refractivity (Wildman–Crippen MR) is 66.2 cm³/mol. The molecule has 7 heteroatoms. The summed E-state index contributed by atoms with van der Waals surface area (Å²) in [7, 11) is 1.70. The van der Waals surface area contributed by atoms with Crippen molar-refractivity contribution in [2.24, 2.45) is 0 Å². The number of carbonyl (C=O) groups excluding carboxylic acids is 2. The van der Waals surface area contributed by atoms with Crippen LogP contribution in [-0.2, 0) is 9.59 Å². The summed E-state index contributed by atoms with van der Waals surface area (Å²) >= 11 is 0. The number of carbonyl (C=O) groups is 3. The van der Waals surface area contributed by atoms with Gasteiger partial charge in [0.2, 0.25) is 5.91 Å². The lowest BCUT2D eigenvalue weighted by Crippen LogP contribution is -2.45. The molecule has 0 atom stereocenters. The van der Waals surface area contributed by atoms with E-state index in [1.165, 1.54) is 0 Å². The van der Waals surface area contributed by atoms with Crippen LogP contribution in [0.4, 0.5) is 4.79 Å². The maximum Gasteiger partial charge on any atom is 0.321 e. The Balaban J connectivity index is 3.79. The van der Waals surface area contributed by atoms with Crippen LogP contribution >= 0.6 is 0 Å². The van der Waals surface area contributed by atoms with Gasteiger partial charge in [-0.2, -0.15) is 0 Å². The minimum Gasteiger partial charge on any atom is -0.481 e. The Hall–Kier alpha value is -1.63. The zero-order valence-corrected chi connectivity index (χ0v) is 11.0. The van der Waals surface area contributed by atoms with Gasteiger partial charge in [-0.25, -0.2) is 4.79 Å². The highest BCUT2D eigenvalue weighted by atomic mass is 16.4. The van der Waals surface area contributed by atoms with Crippen molar-refractivity contribution < 1.29 is 19.5 Å². The van der Waals surface area contributed by atoms with E-state index in [0.29, 0.717) is 13.0 Å². The van der Waals surface area contributed by atoms with E-state index in [9.17, 15) is 14.4 Å². The van der Waals surface area contributed by atoms with Crippen molar-refractivity contribution in [3.63, 3.8) is 0 Å². The van der Waals surface area contributed by atoms with Crippen molar-refractivity contribution in [3.8, 4) is 0 Å². The van der Waals surface area contributed by atoms with Crippen LogP contribution in [0.3, 0.4) is 0 Å². The molecule has 3 amide bonds. The minimum atomic E-state index is -0.857. The number of hydrogen-bond acceptors (Lipinski definition) is 4. The van der Waals surface area contributed by atoms with Gasteiger partial charge in [0.05, 0.1) is 6.54 Å². The minimum absolute atomic E-state index is 0.0360. The van der Waals surface area contributed by atoms with Crippen LogP contribution in [0.25, 0.3) is 0 Å². The van der Waals surface area contributed by atoms with Gasteiger partial charge in [0.1, 0.15) is 0 Å². The second-order valence-electron chi connectivity index (χ2n) is 4.41. The third-order valence-electron chi connectivity index (χ3n) is 2.02. The van der Waals surface area contributed by atoms with Gasteiger partial charge in [-0.15, -0.1) is 0 Å². The number of aliphatic carboxylic acids is 1. The maximum atomic E-state index is 11.4. The number of carboxylic acids is 1. The van der Waals surface area contributed by atoms with E-state index in [-0.39, 0.29) is 19.0 Å². The average molecular weight is 259 g/mol. The van der Waals surface area contributed by atoms with Gasteiger partial charge in [-0.05, 0) is 33.9 Å². The molecule has 0 saturated carbocycles. The van der Waals surface area contributed by atoms with Crippen LogP contribution in [0, 0.1) is 0 Å². The van der Waals surface area contributed by atoms with E-state index in [0.717, 1.165) is 0 Å². The molecule has 0 aromatic rings. The zero-order valence-electron chi connectivity index (χ0n) is 11.0. The fraction of sp³-hybridized carbons (Fsp3) is 0.727. The summed E-state index contributed by atoms with van der Waals surface area (Å²) in [4.78, 5) is 34.6. The normalized spacial score (nSPS) is 10.5. The van der Waals surface area contributed by atoms with Crippen molar-refractivity contribution in [1.29, 1.82) is 0 Å². The molecule has 0 aliphatic rings. The summed E-state index contributed by atoms with van der Waals surface area (Å²) in [5.74, 6) is -1.27. The van der Waals surface area contributed by atoms with E-state index in [2.05, 4.69) is 10.6 Å². The number of carboxylic acid groups (broad SMARTS) is 1. The van der Waals surface area contributed by atoms with Crippen LogP contribution in [0.15, 0.2) is 0 Å². The Labute approximate surface area is 107 Å². The summed E-state index contributed by atoms with van der Waals surface area (Å²) in [5.41, 5.74) is 0. The van der Waals surface area contributed by atoms with E-state index in [1.807, 2.05) is 0 Å². The Bertz CT molecular complexity index is 305.